The van der Waals surface area contributed by atoms with Gasteiger partial charge in [-0.1, -0.05) is 12.1 Å². The average molecular weight is 227 g/mol. The lowest BCUT2D eigenvalue weighted by atomic mass is 10.4. The van der Waals surface area contributed by atoms with E-state index in [-0.39, 0.29) is 12.5 Å². The number of hydrogen-bond donors (Lipinski definition) is 0. The van der Waals surface area contributed by atoms with E-state index in [1.54, 1.807) is 13.8 Å². The molecule has 16 heavy (non-hydrogen) atoms. The van der Waals surface area contributed by atoms with Crippen LogP contribution in [0.1, 0.15) is 25.6 Å². The van der Waals surface area contributed by atoms with Crippen molar-refractivity contribution in [3.8, 4) is 0 Å². The number of ether oxygens (including phenoxy) is 1. The van der Waals surface area contributed by atoms with E-state index in [1.807, 2.05) is 11.8 Å². The second-order valence-corrected chi connectivity index (χ2v) is 3.34. The lowest BCUT2D eigenvalue weighted by Crippen LogP contribution is -2.30. The number of nitrogens with zero attached hydrogens (tertiary/aromatic N) is 3. The van der Waals surface area contributed by atoms with Gasteiger partial charge in [-0.25, -0.2) is 0 Å². The van der Waals surface area contributed by atoms with Gasteiger partial charge in [0, 0.05) is 0 Å². The van der Waals surface area contributed by atoms with Crippen molar-refractivity contribution in [1.82, 2.24) is 15.0 Å². The van der Waals surface area contributed by atoms with Crippen molar-refractivity contribution in [3.05, 3.63) is 11.7 Å². The van der Waals surface area contributed by atoms with Crippen LogP contribution in [0.25, 0.3) is 0 Å². The van der Waals surface area contributed by atoms with E-state index in [1.165, 1.54) is 0 Å². The van der Waals surface area contributed by atoms with Gasteiger partial charge in [-0.05, 0) is 20.4 Å². The highest BCUT2D eigenvalue weighted by Crippen LogP contribution is 2.02. The molecule has 0 N–H and O–H groups in total. The fraction of sp³-hybridized carbons (Fsp3) is 0.700. The molecule has 1 heterocycles. The van der Waals surface area contributed by atoms with Gasteiger partial charge < -0.3 is 9.26 Å². The predicted octanol–water partition coefficient (Wildman–Crippen LogP) is 0.763. The molecule has 1 aromatic heterocycles. The van der Waals surface area contributed by atoms with Crippen molar-refractivity contribution in [2.24, 2.45) is 0 Å². The van der Waals surface area contributed by atoms with Crippen LogP contribution in [-0.4, -0.2) is 40.7 Å². The number of esters is 1. The maximum atomic E-state index is 11.3. The predicted molar refractivity (Wildman–Crippen MR) is 56.6 cm³/mol. The quantitative estimate of drug-likeness (QED) is 0.668. The molecular weight excluding hydrogens is 210 g/mol. The smallest absolute Gasteiger partial charge is 0.320 e. The number of likely N-dealkylation sites (N-methyl/N-ethyl adjacent to an activating group) is 1. The first kappa shape index (κ1) is 12.6. The van der Waals surface area contributed by atoms with Crippen LogP contribution in [0.3, 0.4) is 0 Å². The highest BCUT2D eigenvalue weighted by Gasteiger charge is 2.13. The molecule has 0 radical (unpaired) electrons. The molecular formula is C10H17N3O3. The number of rotatable bonds is 6. The Morgan fingerprint density at radius 3 is 2.75 bits per heavy atom. The third kappa shape index (κ3) is 3.98. The molecule has 0 spiro atoms. The summed E-state index contributed by atoms with van der Waals surface area (Å²) in [5.41, 5.74) is 0. The molecule has 1 aromatic rings. The van der Waals surface area contributed by atoms with Crippen molar-refractivity contribution >= 4 is 5.97 Å². The van der Waals surface area contributed by atoms with E-state index in [0.717, 1.165) is 6.54 Å². The van der Waals surface area contributed by atoms with Gasteiger partial charge in [0.25, 0.3) is 0 Å². The topological polar surface area (TPSA) is 68.5 Å². The Labute approximate surface area is 94.6 Å². The van der Waals surface area contributed by atoms with Gasteiger partial charge in [0.1, 0.15) is 0 Å². The molecule has 0 fully saturated rings. The second kappa shape index (κ2) is 6.22. The van der Waals surface area contributed by atoms with E-state index in [2.05, 4.69) is 10.1 Å². The first-order chi connectivity index (χ1) is 7.65. The maximum absolute atomic E-state index is 11.3. The second-order valence-electron chi connectivity index (χ2n) is 3.34. The van der Waals surface area contributed by atoms with Gasteiger partial charge >= 0.3 is 5.97 Å². The van der Waals surface area contributed by atoms with Crippen molar-refractivity contribution in [2.75, 3.05) is 19.7 Å². The molecule has 0 unspecified atom stereocenters. The van der Waals surface area contributed by atoms with E-state index >= 15 is 0 Å². The molecule has 90 valence electrons. The van der Waals surface area contributed by atoms with Gasteiger partial charge in [-0.15, -0.1) is 0 Å². The SMILES string of the molecule is CCOC(=O)CN(CC)Cc1nc(C)no1. The summed E-state index contributed by atoms with van der Waals surface area (Å²) in [5, 5.41) is 3.69. The molecule has 0 saturated carbocycles. The normalized spacial score (nSPS) is 10.8. The zero-order valence-corrected chi connectivity index (χ0v) is 9.89. The van der Waals surface area contributed by atoms with Crippen LogP contribution in [0.2, 0.25) is 0 Å². The summed E-state index contributed by atoms with van der Waals surface area (Å²) < 4.78 is 9.85. The number of carbonyl (C=O) groups is 1. The largest absolute Gasteiger partial charge is 0.465 e. The first-order valence-electron chi connectivity index (χ1n) is 5.32. The summed E-state index contributed by atoms with van der Waals surface area (Å²) in [6.07, 6.45) is 0. The van der Waals surface area contributed by atoms with E-state index in [4.69, 9.17) is 9.26 Å². The van der Waals surface area contributed by atoms with E-state index in [0.29, 0.717) is 24.9 Å². The van der Waals surface area contributed by atoms with Gasteiger partial charge in [0.2, 0.25) is 5.89 Å². The molecule has 6 nitrogen and oxygen atoms in total. The zero-order chi connectivity index (χ0) is 12.0. The van der Waals surface area contributed by atoms with Gasteiger partial charge in [-0.3, -0.25) is 9.69 Å². The monoisotopic (exact) mass is 227 g/mol. The molecule has 0 aliphatic rings. The number of carbonyl (C=O) groups excluding carboxylic acids is 1. The minimum Gasteiger partial charge on any atom is -0.465 e. The first-order valence-corrected chi connectivity index (χ1v) is 5.32. The maximum Gasteiger partial charge on any atom is 0.320 e. The van der Waals surface area contributed by atoms with Gasteiger partial charge in [0.15, 0.2) is 5.82 Å². The highest BCUT2D eigenvalue weighted by molar-refractivity contribution is 5.71. The summed E-state index contributed by atoms with van der Waals surface area (Å²) in [4.78, 5) is 17.2. The van der Waals surface area contributed by atoms with Gasteiger partial charge in [0.05, 0.1) is 19.7 Å². The molecule has 0 atom stereocenters. The summed E-state index contributed by atoms with van der Waals surface area (Å²) >= 11 is 0. The van der Waals surface area contributed by atoms with Crippen molar-refractivity contribution in [3.63, 3.8) is 0 Å². The van der Waals surface area contributed by atoms with Crippen LogP contribution >= 0.6 is 0 Å². The number of aromatic nitrogens is 2. The highest BCUT2D eigenvalue weighted by atomic mass is 16.5. The summed E-state index contributed by atoms with van der Waals surface area (Å²) in [7, 11) is 0. The fourth-order valence-electron chi connectivity index (χ4n) is 1.26. The molecule has 6 heteroatoms. The van der Waals surface area contributed by atoms with Crippen LogP contribution in [0.4, 0.5) is 0 Å². The Bertz CT molecular complexity index is 338. The number of aryl methyl sites for hydroxylation is 1. The lowest BCUT2D eigenvalue weighted by molar-refractivity contribution is -0.144. The Kier molecular flexibility index (Phi) is 4.91. The third-order valence-electron chi connectivity index (χ3n) is 2.03. The number of hydrogen-bond acceptors (Lipinski definition) is 6. The molecule has 0 bridgehead atoms. The Balaban J connectivity index is 2.45. The molecule has 0 amide bonds. The zero-order valence-electron chi connectivity index (χ0n) is 9.89. The summed E-state index contributed by atoms with van der Waals surface area (Å²) in [6.45, 7) is 7.34. The van der Waals surface area contributed by atoms with Crippen LogP contribution < -0.4 is 0 Å². The Hall–Kier alpha value is -1.43. The molecule has 0 aromatic carbocycles. The Morgan fingerprint density at radius 2 is 2.25 bits per heavy atom. The van der Waals surface area contributed by atoms with Crippen molar-refractivity contribution in [1.29, 1.82) is 0 Å². The van der Waals surface area contributed by atoms with Crippen LogP contribution in [0.5, 0.6) is 0 Å². The van der Waals surface area contributed by atoms with Gasteiger partial charge in [-0.2, -0.15) is 4.98 Å². The van der Waals surface area contributed by atoms with E-state index in [9.17, 15) is 4.79 Å². The lowest BCUT2D eigenvalue weighted by Gasteiger charge is -2.16. The standard InChI is InChI=1S/C10H17N3O3/c1-4-13(7-10(14)15-5-2)6-9-11-8(3)12-16-9/h4-7H2,1-3H3. The summed E-state index contributed by atoms with van der Waals surface area (Å²) in [5.74, 6) is 0.881. The molecule has 0 aliphatic heterocycles. The third-order valence-corrected chi connectivity index (χ3v) is 2.03. The fourth-order valence-corrected chi connectivity index (χ4v) is 1.26. The minimum atomic E-state index is -0.236. The van der Waals surface area contributed by atoms with Crippen LogP contribution in [0, 0.1) is 6.92 Å². The van der Waals surface area contributed by atoms with Crippen molar-refractivity contribution in [2.45, 2.75) is 27.3 Å². The van der Waals surface area contributed by atoms with Crippen molar-refractivity contribution < 1.29 is 14.1 Å². The van der Waals surface area contributed by atoms with E-state index < -0.39 is 0 Å². The summed E-state index contributed by atoms with van der Waals surface area (Å²) in [6, 6.07) is 0. The average Bonchev–Trinajstić information content (AvgIpc) is 2.63. The Morgan fingerprint density at radius 1 is 1.50 bits per heavy atom. The molecule has 1 rings (SSSR count). The molecule has 0 saturated heterocycles. The van der Waals surface area contributed by atoms with Crippen LogP contribution in [0.15, 0.2) is 4.52 Å². The molecule has 0 aliphatic carbocycles. The minimum absolute atomic E-state index is 0.236. The van der Waals surface area contributed by atoms with Crippen LogP contribution in [-0.2, 0) is 16.1 Å².